The van der Waals surface area contributed by atoms with Gasteiger partial charge < -0.3 is 15.0 Å². The number of nitrogens with zero attached hydrogens (tertiary/aromatic N) is 1. The zero-order valence-electron chi connectivity index (χ0n) is 17.1. The molecule has 0 aliphatic carbocycles. The number of ether oxygens (including phenoxy) is 1. The number of hydrogen-bond donors (Lipinski definition) is 1. The lowest BCUT2D eigenvalue weighted by Crippen LogP contribution is -2.48. The average molecular weight is 415 g/mol. The Kier molecular flexibility index (Phi) is 6.48. The van der Waals surface area contributed by atoms with Crippen LogP contribution in [0, 0.1) is 5.92 Å². The van der Waals surface area contributed by atoms with E-state index < -0.39 is 5.41 Å². The number of carbonyl (C=O) groups excluding carboxylic acids is 2. The van der Waals surface area contributed by atoms with Gasteiger partial charge in [-0.3, -0.25) is 9.59 Å². The van der Waals surface area contributed by atoms with Crippen LogP contribution in [0.4, 0.5) is 5.69 Å². The Morgan fingerprint density at radius 2 is 1.69 bits per heavy atom. The van der Waals surface area contributed by atoms with Gasteiger partial charge in [0.15, 0.2) is 0 Å². The van der Waals surface area contributed by atoms with Gasteiger partial charge in [0.25, 0.3) is 0 Å². The summed E-state index contributed by atoms with van der Waals surface area (Å²) >= 11 is 5.97. The normalized spacial score (nSPS) is 15.1. The number of methoxy groups -OCH3 is 1. The maximum Gasteiger partial charge on any atom is 0.232 e. The number of rotatable bonds is 5. The van der Waals surface area contributed by atoms with Crippen molar-refractivity contribution in [1.82, 2.24) is 4.90 Å². The first-order valence-corrected chi connectivity index (χ1v) is 10.2. The van der Waals surface area contributed by atoms with Crippen LogP contribution in [0.1, 0.15) is 32.3 Å². The van der Waals surface area contributed by atoms with E-state index in [0.29, 0.717) is 42.4 Å². The van der Waals surface area contributed by atoms with Crippen LogP contribution in [0.15, 0.2) is 48.5 Å². The number of likely N-dealkylation sites (tertiary alicyclic amines) is 1. The summed E-state index contributed by atoms with van der Waals surface area (Å²) in [6.45, 7) is 5.00. The van der Waals surface area contributed by atoms with E-state index in [1.54, 1.807) is 19.2 Å². The maximum atomic E-state index is 13.1. The van der Waals surface area contributed by atoms with Gasteiger partial charge in [-0.05, 0) is 56.5 Å². The average Bonchev–Trinajstić information content (AvgIpc) is 2.74. The number of benzene rings is 2. The fraction of sp³-hybridized carbons (Fsp3) is 0.391. The number of carbonyl (C=O) groups is 2. The quantitative estimate of drug-likeness (QED) is 0.783. The molecule has 2 aromatic carbocycles. The highest BCUT2D eigenvalue weighted by molar-refractivity contribution is 6.30. The SMILES string of the molecule is COc1ccccc1NC(=O)C1CCN(C(=O)C(C)(C)c2ccc(Cl)cc2)CC1. The topological polar surface area (TPSA) is 58.6 Å². The number of amides is 2. The second kappa shape index (κ2) is 8.87. The number of para-hydroxylation sites is 2. The summed E-state index contributed by atoms with van der Waals surface area (Å²) in [6, 6.07) is 14.8. The Morgan fingerprint density at radius 3 is 2.31 bits per heavy atom. The molecule has 0 atom stereocenters. The van der Waals surface area contributed by atoms with E-state index in [9.17, 15) is 9.59 Å². The molecular weight excluding hydrogens is 388 g/mol. The van der Waals surface area contributed by atoms with E-state index in [1.165, 1.54) is 0 Å². The molecule has 1 aliphatic rings. The molecule has 0 unspecified atom stereocenters. The van der Waals surface area contributed by atoms with E-state index in [-0.39, 0.29) is 17.7 Å². The first-order chi connectivity index (χ1) is 13.8. The molecular formula is C23H27ClN2O3. The zero-order valence-corrected chi connectivity index (χ0v) is 17.8. The highest BCUT2D eigenvalue weighted by Gasteiger charge is 2.36. The zero-order chi connectivity index (χ0) is 21.0. The van der Waals surface area contributed by atoms with Gasteiger partial charge in [-0.1, -0.05) is 35.9 Å². The molecule has 1 N–H and O–H groups in total. The molecule has 5 nitrogen and oxygen atoms in total. The molecule has 154 valence electrons. The van der Waals surface area contributed by atoms with E-state index in [0.717, 1.165) is 5.56 Å². The van der Waals surface area contributed by atoms with Gasteiger partial charge in [0.05, 0.1) is 18.2 Å². The predicted octanol–water partition coefficient (Wildman–Crippen LogP) is 4.50. The Bertz CT molecular complexity index is 872. The first kappa shape index (κ1) is 21.2. The Labute approximate surface area is 177 Å². The van der Waals surface area contributed by atoms with Crippen molar-refractivity contribution < 1.29 is 14.3 Å². The molecule has 1 fully saturated rings. The predicted molar refractivity (Wildman–Crippen MR) is 115 cm³/mol. The summed E-state index contributed by atoms with van der Waals surface area (Å²) in [4.78, 5) is 27.7. The molecule has 0 spiro atoms. The van der Waals surface area contributed by atoms with Crippen LogP contribution in [-0.2, 0) is 15.0 Å². The fourth-order valence-corrected chi connectivity index (χ4v) is 3.84. The van der Waals surface area contributed by atoms with Gasteiger partial charge in [0.1, 0.15) is 5.75 Å². The summed E-state index contributed by atoms with van der Waals surface area (Å²) in [5, 5.41) is 3.61. The van der Waals surface area contributed by atoms with Crippen LogP contribution in [0.3, 0.4) is 0 Å². The minimum absolute atomic E-state index is 0.0291. The van der Waals surface area contributed by atoms with Gasteiger partial charge in [-0.25, -0.2) is 0 Å². The van der Waals surface area contributed by atoms with Crippen molar-refractivity contribution in [2.45, 2.75) is 32.1 Å². The Hall–Kier alpha value is -2.53. The number of anilines is 1. The minimum Gasteiger partial charge on any atom is -0.495 e. The number of halogens is 1. The monoisotopic (exact) mass is 414 g/mol. The lowest BCUT2D eigenvalue weighted by Gasteiger charge is -2.37. The molecule has 0 radical (unpaired) electrons. The molecule has 0 saturated carbocycles. The molecule has 1 heterocycles. The van der Waals surface area contributed by atoms with Crippen LogP contribution in [0.5, 0.6) is 5.75 Å². The summed E-state index contributed by atoms with van der Waals surface area (Å²) in [6.07, 6.45) is 1.28. The largest absolute Gasteiger partial charge is 0.495 e. The molecule has 0 bridgehead atoms. The number of hydrogen-bond acceptors (Lipinski definition) is 3. The molecule has 3 rings (SSSR count). The molecule has 1 saturated heterocycles. The molecule has 0 aromatic heterocycles. The van der Waals surface area contributed by atoms with Gasteiger partial charge in [-0.15, -0.1) is 0 Å². The second-order valence-corrected chi connectivity index (χ2v) is 8.32. The van der Waals surface area contributed by atoms with Crippen LogP contribution < -0.4 is 10.1 Å². The van der Waals surface area contributed by atoms with Gasteiger partial charge in [0, 0.05) is 24.0 Å². The van der Waals surface area contributed by atoms with Crippen molar-refractivity contribution in [2.75, 3.05) is 25.5 Å². The lowest BCUT2D eigenvalue weighted by molar-refractivity contribution is -0.139. The van der Waals surface area contributed by atoms with Gasteiger partial charge >= 0.3 is 0 Å². The van der Waals surface area contributed by atoms with Crippen molar-refractivity contribution in [3.63, 3.8) is 0 Å². The van der Waals surface area contributed by atoms with Crippen LogP contribution in [0.25, 0.3) is 0 Å². The molecule has 2 amide bonds. The lowest BCUT2D eigenvalue weighted by atomic mass is 9.82. The fourth-order valence-electron chi connectivity index (χ4n) is 3.71. The first-order valence-electron chi connectivity index (χ1n) is 9.82. The van der Waals surface area contributed by atoms with Crippen molar-refractivity contribution >= 4 is 29.1 Å². The third kappa shape index (κ3) is 4.73. The number of piperidine rings is 1. The Balaban J connectivity index is 1.60. The summed E-state index contributed by atoms with van der Waals surface area (Å²) in [5.74, 6) is 0.558. The molecule has 29 heavy (non-hydrogen) atoms. The van der Waals surface area contributed by atoms with Crippen molar-refractivity contribution in [3.05, 3.63) is 59.1 Å². The standard InChI is InChI=1S/C23H27ClN2O3/c1-23(2,17-8-10-18(24)11-9-17)22(28)26-14-12-16(13-15-26)21(27)25-19-6-4-5-7-20(19)29-3/h4-11,16H,12-15H2,1-3H3,(H,25,27). The van der Waals surface area contributed by atoms with Crippen LogP contribution in [-0.4, -0.2) is 36.9 Å². The van der Waals surface area contributed by atoms with E-state index >= 15 is 0 Å². The maximum absolute atomic E-state index is 13.1. The highest BCUT2D eigenvalue weighted by Crippen LogP contribution is 2.30. The van der Waals surface area contributed by atoms with Crippen molar-refractivity contribution in [3.8, 4) is 5.75 Å². The van der Waals surface area contributed by atoms with E-state index in [2.05, 4.69) is 5.32 Å². The van der Waals surface area contributed by atoms with Crippen molar-refractivity contribution in [1.29, 1.82) is 0 Å². The summed E-state index contributed by atoms with van der Waals surface area (Å²) in [5.41, 5.74) is 0.960. The van der Waals surface area contributed by atoms with Crippen LogP contribution in [0.2, 0.25) is 5.02 Å². The summed E-state index contributed by atoms with van der Waals surface area (Å²) < 4.78 is 5.29. The summed E-state index contributed by atoms with van der Waals surface area (Å²) in [7, 11) is 1.58. The highest BCUT2D eigenvalue weighted by atomic mass is 35.5. The molecule has 2 aromatic rings. The van der Waals surface area contributed by atoms with Gasteiger partial charge in [-0.2, -0.15) is 0 Å². The second-order valence-electron chi connectivity index (χ2n) is 7.89. The smallest absolute Gasteiger partial charge is 0.232 e. The third-order valence-electron chi connectivity index (χ3n) is 5.62. The van der Waals surface area contributed by atoms with Gasteiger partial charge in [0.2, 0.25) is 11.8 Å². The van der Waals surface area contributed by atoms with E-state index in [4.69, 9.17) is 16.3 Å². The third-order valence-corrected chi connectivity index (χ3v) is 5.87. The molecule has 1 aliphatic heterocycles. The van der Waals surface area contributed by atoms with E-state index in [1.807, 2.05) is 55.1 Å². The van der Waals surface area contributed by atoms with Crippen molar-refractivity contribution in [2.24, 2.45) is 5.92 Å². The minimum atomic E-state index is -0.642. The molecule has 6 heteroatoms. The van der Waals surface area contributed by atoms with Crippen LogP contribution >= 0.6 is 11.6 Å². The Morgan fingerprint density at radius 1 is 1.07 bits per heavy atom. The number of nitrogens with one attached hydrogen (secondary N) is 1.